The Kier molecular flexibility index (Phi) is 4.10. The molecule has 2 nitrogen and oxygen atoms in total. The highest BCUT2D eigenvalue weighted by Crippen LogP contribution is 2.52. The van der Waals surface area contributed by atoms with Crippen LogP contribution in [0, 0.1) is 11.3 Å². The van der Waals surface area contributed by atoms with E-state index in [1.54, 1.807) is 0 Å². The first kappa shape index (κ1) is 17.0. The van der Waals surface area contributed by atoms with Crippen molar-refractivity contribution in [2.75, 3.05) is 10.7 Å². The number of nitrogens with zero attached hydrogens (tertiary/aromatic N) is 1. The second kappa shape index (κ2) is 6.05. The van der Waals surface area contributed by atoms with Gasteiger partial charge < -0.3 is 0 Å². The number of fused-ring (bicyclic) bond motifs is 1. The Labute approximate surface area is 155 Å². The maximum atomic E-state index is 12.8. The molecule has 0 unspecified atom stereocenters. The van der Waals surface area contributed by atoms with Crippen molar-refractivity contribution < 1.29 is 4.79 Å². The van der Waals surface area contributed by atoms with E-state index in [9.17, 15) is 4.79 Å². The average Bonchev–Trinajstić information content (AvgIpc) is 2.90. The minimum Gasteiger partial charge on any atom is -0.296 e. The summed E-state index contributed by atoms with van der Waals surface area (Å²) in [6, 6.07) is 14.9. The van der Waals surface area contributed by atoms with Crippen LogP contribution in [0.15, 0.2) is 42.5 Å². The van der Waals surface area contributed by atoms with Crippen molar-refractivity contribution in [1.29, 1.82) is 0 Å². The Bertz CT molecular complexity index is 799. The van der Waals surface area contributed by atoms with E-state index in [1.807, 2.05) is 11.8 Å². The largest absolute Gasteiger partial charge is 0.296 e. The molecule has 25 heavy (non-hydrogen) atoms. The highest BCUT2D eigenvalue weighted by atomic mass is 32.2. The van der Waals surface area contributed by atoms with E-state index in [-0.39, 0.29) is 10.8 Å². The van der Waals surface area contributed by atoms with Crippen molar-refractivity contribution in [3.05, 3.63) is 42.5 Å². The molecule has 3 heteroatoms. The normalized spacial score (nSPS) is 27.4. The van der Waals surface area contributed by atoms with Crippen molar-refractivity contribution in [1.82, 2.24) is 0 Å². The van der Waals surface area contributed by atoms with Gasteiger partial charge in [-0.25, -0.2) is 0 Å². The molecule has 0 atom stereocenters. The topological polar surface area (TPSA) is 20.3 Å². The molecular formula is C22H27NOS. The van der Waals surface area contributed by atoms with E-state index in [0.29, 0.717) is 11.2 Å². The maximum Gasteiger partial charge on any atom is 0.238 e. The summed E-state index contributed by atoms with van der Waals surface area (Å²) in [5, 5.41) is 2.44. The van der Waals surface area contributed by atoms with Gasteiger partial charge in [0.15, 0.2) is 0 Å². The highest BCUT2D eigenvalue weighted by Gasteiger charge is 2.49. The van der Waals surface area contributed by atoms with Crippen LogP contribution >= 0.6 is 11.8 Å². The van der Waals surface area contributed by atoms with Crippen LogP contribution in [-0.2, 0) is 4.79 Å². The molecule has 1 saturated carbocycles. The number of anilines is 1. The molecule has 1 heterocycles. The van der Waals surface area contributed by atoms with Crippen LogP contribution < -0.4 is 4.90 Å². The number of benzene rings is 2. The molecule has 1 aliphatic carbocycles. The summed E-state index contributed by atoms with van der Waals surface area (Å²) in [4.78, 5) is 14.9. The summed E-state index contributed by atoms with van der Waals surface area (Å²) < 4.78 is 0. The van der Waals surface area contributed by atoms with Crippen LogP contribution in [0.25, 0.3) is 10.8 Å². The van der Waals surface area contributed by atoms with Crippen molar-refractivity contribution in [3.63, 3.8) is 0 Å². The SMILES string of the molecule is CC(C)(C)C1CCC2(CC1)SCC(=O)N2c1ccc2ccccc2c1. The van der Waals surface area contributed by atoms with Gasteiger partial charge in [0.2, 0.25) is 5.91 Å². The molecule has 1 aliphatic heterocycles. The molecule has 0 bridgehead atoms. The molecule has 1 amide bonds. The molecule has 2 aromatic carbocycles. The smallest absolute Gasteiger partial charge is 0.238 e. The molecular weight excluding hydrogens is 326 g/mol. The van der Waals surface area contributed by atoms with Gasteiger partial charge >= 0.3 is 0 Å². The van der Waals surface area contributed by atoms with Gasteiger partial charge in [0, 0.05) is 5.69 Å². The second-order valence-corrected chi connectivity index (χ2v) is 9.97. The summed E-state index contributed by atoms with van der Waals surface area (Å²) in [7, 11) is 0. The molecule has 2 aromatic rings. The van der Waals surface area contributed by atoms with Gasteiger partial charge in [0.1, 0.15) is 0 Å². The number of amides is 1. The first-order valence-corrected chi connectivity index (χ1v) is 10.3. The van der Waals surface area contributed by atoms with Crippen molar-refractivity contribution in [3.8, 4) is 0 Å². The Hall–Kier alpha value is -1.48. The quantitative estimate of drug-likeness (QED) is 0.641. The van der Waals surface area contributed by atoms with Crippen LogP contribution in [0.2, 0.25) is 0 Å². The Morgan fingerprint density at radius 3 is 2.40 bits per heavy atom. The number of carbonyl (C=O) groups excluding carboxylic acids is 1. The molecule has 0 N–H and O–H groups in total. The molecule has 2 fully saturated rings. The van der Waals surface area contributed by atoms with E-state index in [1.165, 1.54) is 23.6 Å². The van der Waals surface area contributed by atoms with Crippen LogP contribution in [0.3, 0.4) is 0 Å². The number of hydrogen-bond acceptors (Lipinski definition) is 2. The van der Waals surface area contributed by atoms with Gasteiger partial charge in [-0.15, -0.1) is 11.8 Å². The minimum atomic E-state index is -0.0265. The van der Waals surface area contributed by atoms with E-state index in [0.717, 1.165) is 24.4 Å². The van der Waals surface area contributed by atoms with Crippen molar-refractivity contribution >= 4 is 34.1 Å². The van der Waals surface area contributed by atoms with E-state index in [4.69, 9.17) is 0 Å². The lowest BCUT2D eigenvalue weighted by Gasteiger charge is -2.45. The van der Waals surface area contributed by atoms with Crippen LogP contribution in [0.1, 0.15) is 46.5 Å². The summed E-state index contributed by atoms with van der Waals surface area (Å²) in [6.45, 7) is 7.05. The lowest BCUT2D eigenvalue weighted by Crippen LogP contribution is -2.48. The fourth-order valence-corrected chi connectivity index (χ4v) is 5.93. The third-order valence-corrected chi connectivity index (χ3v) is 7.62. The molecule has 132 valence electrons. The van der Waals surface area contributed by atoms with Crippen LogP contribution in [-0.4, -0.2) is 16.5 Å². The van der Waals surface area contributed by atoms with Crippen molar-refractivity contribution in [2.24, 2.45) is 11.3 Å². The second-order valence-electron chi connectivity index (χ2n) is 8.64. The van der Waals surface area contributed by atoms with Crippen LogP contribution in [0.4, 0.5) is 5.69 Å². The standard InChI is InChI=1S/C22H27NOS/c1-21(2,3)18-10-12-22(13-11-18)23(20(24)15-25-22)19-9-8-16-6-4-5-7-17(16)14-19/h4-9,14,18H,10-13,15H2,1-3H3. The zero-order valence-electron chi connectivity index (χ0n) is 15.4. The zero-order valence-corrected chi connectivity index (χ0v) is 16.2. The lowest BCUT2D eigenvalue weighted by atomic mass is 9.71. The molecule has 1 spiro atoms. The number of rotatable bonds is 1. The molecule has 0 radical (unpaired) electrons. The monoisotopic (exact) mass is 353 g/mol. The summed E-state index contributed by atoms with van der Waals surface area (Å²) in [6.07, 6.45) is 4.65. The van der Waals surface area contributed by atoms with Gasteiger partial charge in [0.25, 0.3) is 0 Å². The maximum absolute atomic E-state index is 12.8. The summed E-state index contributed by atoms with van der Waals surface area (Å²) >= 11 is 1.87. The first-order valence-electron chi connectivity index (χ1n) is 9.35. The first-order chi connectivity index (χ1) is 11.9. The predicted octanol–water partition coefficient (Wildman–Crippen LogP) is 5.85. The fraction of sp³-hybridized carbons (Fsp3) is 0.500. The number of thioether (sulfide) groups is 1. The van der Waals surface area contributed by atoms with Gasteiger partial charge in [-0.2, -0.15) is 0 Å². The van der Waals surface area contributed by atoms with E-state index in [2.05, 4.69) is 68.1 Å². The number of hydrogen-bond donors (Lipinski definition) is 0. The van der Waals surface area contributed by atoms with Crippen LogP contribution in [0.5, 0.6) is 0 Å². The molecule has 2 aliphatic rings. The van der Waals surface area contributed by atoms with E-state index < -0.39 is 0 Å². The average molecular weight is 354 g/mol. The fourth-order valence-electron chi connectivity index (χ4n) is 4.55. The molecule has 4 rings (SSSR count). The third kappa shape index (κ3) is 2.97. The molecule has 0 aromatic heterocycles. The van der Waals surface area contributed by atoms with Gasteiger partial charge in [-0.1, -0.05) is 51.1 Å². The van der Waals surface area contributed by atoms with Gasteiger partial charge in [-0.3, -0.25) is 9.69 Å². The van der Waals surface area contributed by atoms with Gasteiger partial charge in [-0.05, 0) is 59.9 Å². The Morgan fingerprint density at radius 2 is 1.72 bits per heavy atom. The van der Waals surface area contributed by atoms with Crippen molar-refractivity contribution in [2.45, 2.75) is 51.3 Å². The molecule has 1 saturated heterocycles. The third-order valence-electron chi connectivity index (χ3n) is 6.10. The minimum absolute atomic E-state index is 0.0265. The number of carbonyl (C=O) groups is 1. The zero-order chi connectivity index (χ0) is 17.7. The lowest BCUT2D eigenvalue weighted by molar-refractivity contribution is -0.116. The highest BCUT2D eigenvalue weighted by molar-refractivity contribution is 8.02. The Morgan fingerprint density at radius 1 is 1.04 bits per heavy atom. The van der Waals surface area contributed by atoms with Gasteiger partial charge in [0.05, 0.1) is 10.6 Å². The summed E-state index contributed by atoms with van der Waals surface area (Å²) in [5.74, 6) is 1.65. The van der Waals surface area contributed by atoms with E-state index >= 15 is 0 Å². The predicted molar refractivity (Wildman–Crippen MR) is 108 cm³/mol. The summed E-state index contributed by atoms with van der Waals surface area (Å²) in [5.41, 5.74) is 1.44. The Balaban J connectivity index is 1.66.